The van der Waals surface area contributed by atoms with Crippen LogP contribution in [0.4, 0.5) is 5.82 Å². The second-order valence-corrected chi connectivity index (χ2v) is 6.15. The first-order valence-electron chi connectivity index (χ1n) is 7.64. The van der Waals surface area contributed by atoms with Crippen LogP contribution in [-0.2, 0) is 0 Å². The maximum absolute atomic E-state index is 6.11. The number of hydrogen-bond acceptors (Lipinski definition) is 4. The van der Waals surface area contributed by atoms with Crippen molar-refractivity contribution in [1.82, 2.24) is 15.1 Å². The van der Waals surface area contributed by atoms with Crippen LogP contribution in [0.3, 0.4) is 0 Å². The van der Waals surface area contributed by atoms with Crippen LogP contribution in [0.1, 0.15) is 26.2 Å². The molecule has 0 radical (unpaired) electrons. The van der Waals surface area contributed by atoms with E-state index in [1.807, 2.05) is 24.3 Å². The number of fused-ring (bicyclic) bond motifs is 1. The SMILES string of the molecule is CC(CN1CCCCC1)Nc1nnc(Cl)c2ccccc12. The molecule has 1 saturated heterocycles. The Hall–Kier alpha value is -1.39. The van der Waals surface area contributed by atoms with Crippen molar-refractivity contribution in [2.75, 3.05) is 25.0 Å². The van der Waals surface area contributed by atoms with Gasteiger partial charge in [0.2, 0.25) is 0 Å². The van der Waals surface area contributed by atoms with E-state index in [1.165, 1.54) is 32.4 Å². The molecule has 0 bridgehead atoms. The maximum Gasteiger partial charge on any atom is 0.159 e. The molecule has 4 nitrogen and oxygen atoms in total. The Morgan fingerprint density at radius 1 is 1.14 bits per heavy atom. The monoisotopic (exact) mass is 304 g/mol. The predicted octanol–water partition coefficient (Wildman–Crippen LogP) is 3.57. The maximum atomic E-state index is 6.11. The van der Waals surface area contributed by atoms with Crippen molar-refractivity contribution in [3.8, 4) is 0 Å². The van der Waals surface area contributed by atoms with Crippen molar-refractivity contribution in [2.45, 2.75) is 32.2 Å². The Labute approximate surface area is 130 Å². The standard InChI is InChI=1S/C16H21ClN4/c1-12(11-21-9-5-2-6-10-21)18-16-14-8-4-3-7-13(14)15(17)19-20-16/h3-4,7-8,12H,2,5-6,9-11H2,1H3,(H,18,20). The Bertz CT molecular complexity index is 610. The lowest BCUT2D eigenvalue weighted by molar-refractivity contribution is 0.223. The van der Waals surface area contributed by atoms with Crippen molar-refractivity contribution in [3.63, 3.8) is 0 Å². The molecule has 1 N–H and O–H groups in total. The van der Waals surface area contributed by atoms with Gasteiger partial charge in [0.15, 0.2) is 11.0 Å². The zero-order valence-electron chi connectivity index (χ0n) is 12.3. The Morgan fingerprint density at radius 2 is 1.86 bits per heavy atom. The van der Waals surface area contributed by atoms with Crippen LogP contribution in [0, 0.1) is 0 Å². The number of halogens is 1. The van der Waals surface area contributed by atoms with Crippen LogP contribution in [-0.4, -0.2) is 40.8 Å². The molecule has 1 aliphatic rings. The summed E-state index contributed by atoms with van der Waals surface area (Å²) in [6.45, 7) is 5.65. The van der Waals surface area contributed by atoms with Crippen molar-refractivity contribution in [3.05, 3.63) is 29.4 Å². The first kappa shape index (κ1) is 14.5. The number of benzene rings is 1. The quantitative estimate of drug-likeness (QED) is 0.937. The van der Waals surface area contributed by atoms with E-state index in [4.69, 9.17) is 11.6 Å². The van der Waals surface area contributed by atoms with E-state index >= 15 is 0 Å². The summed E-state index contributed by atoms with van der Waals surface area (Å²) < 4.78 is 0. The van der Waals surface area contributed by atoms with Crippen LogP contribution in [0.2, 0.25) is 5.15 Å². The second kappa shape index (κ2) is 6.58. The van der Waals surface area contributed by atoms with E-state index in [0.29, 0.717) is 11.2 Å². The third kappa shape index (κ3) is 3.44. The smallest absolute Gasteiger partial charge is 0.159 e. The van der Waals surface area contributed by atoms with Gasteiger partial charge < -0.3 is 10.2 Å². The highest BCUT2D eigenvalue weighted by atomic mass is 35.5. The molecule has 5 heteroatoms. The van der Waals surface area contributed by atoms with Crippen LogP contribution in [0.15, 0.2) is 24.3 Å². The molecule has 3 rings (SSSR count). The van der Waals surface area contributed by atoms with Crippen molar-refractivity contribution >= 4 is 28.2 Å². The largest absolute Gasteiger partial charge is 0.364 e. The number of nitrogens with one attached hydrogen (secondary N) is 1. The van der Waals surface area contributed by atoms with Gasteiger partial charge in [-0.25, -0.2) is 0 Å². The van der Waals surface area contributed by atoms with Crippen molar-refractivity contribution < 1.29 is 0 Å². The number of likely N-dealkylation sites (tertiary alicyclic amines) is 1. The summed E-state index contributed by atoms with van der Waals surface area (Å²) in [6, 6.07) is 8.32. The predicted molar refractivity (Wildman–Crippen MR) is 87.9 cm³/mol. The zero-order valence-corrected chi connectivity index (χ0v) is 13.1. The third-order valence-corrected chi connectivity index (χ3v) is 4.29. The first-order chi connectivity index (χ1) is 10.2. The topological polar surface area (TPSA) is 41.0 Å². The number of nitrogens with zero attached hydrogens (tertiary/aromatic N) is 3. The highest BCUT2D eigenvalue weighted by Crippen LogP contribution is 2.26. The average molecular weight is 305 g/mol. The van der Waals surface area contributed by atoms with E-state index in [0.717, 1.165) is 23.1 Å². The van der Waals surface area contributed by atoms with E-state index in [9.17, 15) is 0 Å². The van der Waals surface area contributed by atoms with Crippen LogP contribution in [0.25, 0.3) is 10.8 Å². The summed E-state index contributed by atoms with van der Waals surface area (Å²) in [4.78, 5) is 2.52. The molecule has 0 aliphatic carbocycles. The zero-order chi connectivity index (χ0) is 14.7. The molecule has 21 heavy (non-hydrogen) atoms. The molecule has 0 spiro atoms. The van der Waals surface area contributed by atoms with Gasteiger partial charge in [-0.15, -0.1) is 10.2 Å². The summed E-state index contributed by atoms with van der Waals surface area (Å²) in [7, 11) is 0. The van der Waals surface area contributed by atoms with E-state index in [1.54, 1.807) is 0 Å². The minimum Gasteiger partial charge on any atom is -0.364 e. The number of hydrogen-bond donors (Lipinski definition) is 1. The summed E-state index contributed by atoms with van der Waals surface area (Å²) >= 11 is 6.11. The summed E-state index contributed by atoms with van der Waals surface area (Å²) in [5.41, 5.74) is 0. The third-order valence-electron chi connectivity index (χ3n) is 4.01. The Kier molecular flexibility index (Phi) is 4.56. The van der Waals surface area contributed by atoms with Gasteiger partial charge in [0.25, 0.3) is 0 Å². The molecular weight excluding hydrogens is 284 g/mol. The number of rotatable bonds is 4. The molecule has 2 heterocycles. The fraction of sp³-hybridized carbons (Fsp3) is 0.500. The first-order valence-corrected chi connectivity index (χ1v) is 8.01. The van der Waals surface area contributed by atoms with Gasteiger partial charge in [0.05, 0.1) is 0 Å². The van der Waals surface area contributed by atoms with Gasteiger partial charge >= 0.3 is 0 Å². The summed E-state index contributed by atoms with van der Waals surface area (Å²) in [5, 5.41) is 14.2. The molecule has 1 fully saturated rings. The minimum absolute atomic E-state index is 0.335. The lowest BCUT2D eigenvalue weighted by Gasteiger charge is -2.29. The normalized spacial score (nSPS) is 17.8. The number of anilines is 1. The molecule has 0 saturated carbocycles. The van der Waals surface area contributed by atoms with Gasteiger partial charge in [0, 0.05) is 23.4 Å². The number of piperidine rings is 1. The van der Waals surface area contributed by atoms with Gasteiger partial charge in [-0.3, -0.25) is 0 Å². The molecule has 1 aliphatic heterocycles. The fourth-order valence-corrected chi connectivity index (χ4v) is 3.19. The van der Waals surface area contributed by atoms with Crippen LogP contribution < -0.4 is 5.32 Å². The fourth-order valence-electron chi connectivity index (χ4n) is 2.99. The molecule has 1 aromatic heterocycles. The summed E-state index contributed by atoms with van der Waals surface area (Å²) in [5.74, 6) is 0.819. The van der Waals surface area contributed by atoms with Gasteiger partial charge in [-0.1, -0.05) is 42.3 Å². The molecule has 1 aromatic carbocycles. The second-order valence-electron chi connectivity index (χ2n) is 5.79. The molecule has 0 amide bonds. The van der Waals surface area contributed by atoms with Gasteiger partial charge in [-0.05, 0) is 32.9 Å². The lowest BCUT2D eigenvalue weighted by Crippen LogP contribution is -2.38. The lowest BCUT2D eigenvalue weighted by atomic mass is 10.1. The van der Waals surface area contributed by atoms with Crippen LogP contribution in [0.5, 0.6) is 0 Å². The average Bonchev–Trinajstić information content (AvgIpc) is 2.51. The Balaban J connectivity index is 1.73. The van der Waals surface area contributed by atoms with Gasteiger partial charge in [-0.2, -0.15) is 0 Å². The van der Waals surface area contributed by atoms with E-state index < -0.39 is 0 Å². The highest BCUT2D eigenvalue weighted by Gasteiger charge is 2.15. The summed E-state index contributed by atoms with van der Waals surface area (Å²) in [6.07, 6.45) is 4.00. The van der Waals surface area contributed by atoms with Crippen molar-refractivity contribution in [2.24, 2.45) is 0 Å². The molecule has 1 atom stereocenters. The molecule has 112 valence electrons. The van der Waals surface area contributed by atoms with E-state index in [2.05, 4.69) is 27.3 Å². The molecular formula is C16H21ClN4. The number of aromatic nitrogens is 2. The highest BCUT2D eigenvalue weighted by molar-refractivity contribution is 6.34. The molecule has 2 aromatic rings. The van der Waals surface area contributed by atoms with E-state index in [-0.39, 0.29) is 0 Å². The van der Waals surface area contributed by atoms with Gasteiger partial charge in [0.1, 0.15) is 0 Å². The Morgan fingerprint density at radius 3 is 2.62 bits per heavy atom. The molecule has 1 unspecified atom stereocenters. The van der Waals surface area contributed by atoms with Crippen molar-refractivity contribution in [1.29, 1.82) is 0 Å². The van der Waals surface area contributed by atoms with Crippen LogP contribution >= 0.6 is 11.6 Å². The minimum atomic E-state index is 0.335.